The number of piperidine rings is 1. The number of benzene rings is 2. The Hall–Kier alpha value is -2.79. The van der Waals surface area contributed by atoms with E-state index >= 15 is 0 Å². The van der Waals surface area contributed by atoms with E-state index in [9.17, 15) is 35.6 Å². The molecule has 0 saturated carbocycles. The minimum absolute atomic E-state index is 0.0278. The number of ether oxygens (including phenoxy) is 1. The molecule has 182 valence electrons. The Bertz CT molecular complexity index is 1250. The fraction of sp³-hybridized carbons (Fsp3) is 0.391. The Morgan fingerprint density at radius 2 is 1.74 bits per heavy atom. The van der Waals surface area contributed by atoms with E-state index < -0.39 is 44.4 Å². The molecule has 1 atom stereocenters. The summed E-state index contributed by atoms with van der Waals surface area (Å²) >= 11 is 0. The van der Waals surface area contributed by atoms with E-state index in [0.29, 0.717) is 6.07 Å². The number of carbonyl (C=O) groups excluding carboxylic acids is 2. The topological polar surface area (TPSA) is 80.8 Å². The summed E-state index contributed by atoms with van der Waals surface area (Å²) in [6.07, 6.45) is -4.67. The lowest BCUT2D eigenvalue weighted by atomic mass is 9.98. The third kappa shape index (κ3) is 4.34. The van der Waals surface area contributed by atoms with Crippen molar-refractivity contribution in [3.05, 3.63) is 58.9 Å². The minimum Gasteiger partial charge on any atom is -0.426 e. The standard InChI is InChI=1S/C23H21F4NO5S/c1-13-12-17(29)21-18(7-6-16(24)20(13)21)33-22(30)14-8-10-28(11-9-14)34(31,32)19-5-3-2-4-15(19)23(25,26)27/h2-7,13-14H,8-12H2,1H3. The van der Waals surface area contributed by atoms with E-state index in [1.807, 2.05) is 0 Å². The van der Waals surface area contributed by atoms with Gasteiger partial charge >= 0.3 is 12.1 Å². The summed E-state index contributed by atoms with van der Waals surface area (Å²) in [5, 5.41) is 0. The predicted molar refractivity (Wildman–Crippen MR) is 112 cm³/mol. The second-order valence-corrected chi connectivity index (χ2v) is 10.4. The molecule has 2 aliphatic rings. The summed E-state index contributed by atoms with van der Waals surface area (Å²) in [6, 6.07) is 6.29. The van der Waals surface area contributed by atoms with Gasteiger partial charge in [-0.25, -0.2) is 12.8 Å². The van der Waals surface area contributed by atoms with Gasteiger partial charge in [0.1, 0.15) is 11.6 Å². The van der Waals surface area contributed by atoms with Crippen LogP contribution in [0.3, 0.4) is 0 Å². The van der Waals surface area contributed by atoms with E-state index in [4.69, 9.17) is 4.74 Å². The Kier molecular flexibility index (Phi) is 6.28. The molecule has 4 rings (SSSR count). The molecule has 6 nitrogen and oxygen atoms in total. The second kappa shape index (κ2) is 8.77. The summed E-state index contributed by atoms with van der Waals surface area (Å²) in [5.41, 5.74) is -0.996. The van der Waals surface area contributed by atoms with Crippen LogP contribution in [0.5, 0.6) is 5.75 Å². The number of hydrogen-bond donors (Lipinski definition) is 0. The molecule has 2 aromatic carbocycles. The molecule has 1 aliphatic carbocycles. The lowest BCUT2D eigenvalue weighted by Gasteiger charge is -2.30. The van der Waals surface area contributed by atoms with Crippen molar-refractivity contribution in [2.24, 2.45) is 5.92 Å². The van der Waals surface area contributed by atoms with Gasteiger partial charge in [0.15, 0.2) is 5.78 Å². The van der Waals surface area contributed by atoms with Crippen molar-refractivity contribution in [2.45, 2.75) is 43.2 Å². The normalized spacial score (nSPS) is 19.8. The van der Waals surface area contributed by atoms with Crippen LogP contribution in [0.4, 0.5) is 17.6 Å². The van der Waals surface area contributed by atoms with E-state index in [0.717, 1.165) is 22.5 Å². The Labute approximate surface area is 193 Å². The maximum absolute atomic E-state index is 14.2. The third-order valence-electron chi connectivity index (χ3n) is 6.23. The fourth-order valence-corrected chi connectivity index (χ4v) is 6.18. The van der Waals surface area contributed by atoms with Crippen LogP contribution in [0.2, 0.25) is 0 Å². The summed E-state index contributed by atoms with van der Waals surface area (Å²) in [7, 11) is -4.44. The van der Waals surface area contributed by atoms with Gasteiger partial charge < -0.3 is 4.74 Å². The number of rotatable bonds is 4. The van der Waals surface area contributed by atoms with Crippen molar-refractivity contribution in [2.75, 3.05) is 13.1 Å². The summed E-state index contributed by atoms with van der Waals surface area (Å²) < 4.78 is 86.1. The summed E-state index contributed by atoms with van der Waals surface area (Å²) in [6.45, 7) is 1.35. The van der Waals surface area contributed by atoms with Crippen LogP contribution in [0.1, 0.15) is 53.6 Å². The lowest BCUT2D eigenvalue weighted by molar-refractivity contribution is -0.140. The number of fused-ring (bicyclic) bond motifs is 1. The molecule has 0 bridgehead atoms. The number of alkyl halides is 3. The first kappa shape index (κ1) is 24.3. The molecule has 1 heterocycles. The van der Waals surface area contributed by atoms with Crippen LogP contribution in [0.25, 0.3) is 0 Å². The SMILES string of the molecule is CC1CC(=O)c2c(OC(=O)C3CCN(S(=O)(=O)c4ccccc4C(F)(F)F)CC3)ccc(F)c21. The van der Waals surface area contributed by atoms with Crippen LogP contribution in [0.15, 0.2) is 41.3 Å². The average molecular weight is 499 g/mol. The maximum Gasteiger partial charge on any atom is 0.417 e. The molecule has 11 heteroatoms. The number of halogens is 4. The fourth-order valence-electron chi connectivity index (χ4n) is 4.50. The molecule has 1 unspecified atom stereocenters. The second-order valence-electron chi connectivity index (χ2n) is 8.46. The molecular weight excluding hydrogens is 478 g/mol. The highest BCUT2D eigenvalue weighted by atomic mass is 32.2. The van der Waals surface area contributed by atoms with Gasteiger partial charge in [0.25, 0.3) is 0 Å². The van der Waals surface area contributed by atoms with Gasteiger partial charge in [-0.3, -0.25) is 9.59 Å². The molecule has 0 radical (unpaired) electrons. The largest absolute Gasteiger partial charge is 0.426 e. The summed E-state index contributed by atoms with van der Waals surface area (Å²) in [5.74, 6) is -2.67. The highest BCUT2D eigenvalue weighted by molar-refractivity contribution is 7.89. The zero-order valence-corrected chi connectivity index (χ0v) is 18.9. The Morgan fingerprint density at radius 1 is 1.09 bits per heavy atom. The molecule has 1 aliphatic heterocycles. The average Bonchev–Trinajstić information content (AvgIpc) is 3.10. The number of hydrogen-bond acceptors (Lipinski definition) is 5. The summed E-state index contributed by atoms with van der Waals surface area (Å²) in [4.78, 5) is 24.2. The number of carbonyl (C=O) groups is 2. The molecule has 34 heavy (non-hydrogen) atoms. The predicted octanol–water partition coefficient (Wildman–Crippen LogP) is 4.54. The van der Waals surface area contributed by atoms with Crippen LogP contribution >= 0.6 is 0 Å². The van der Waals surface area contributed by atoms with E-state index in [2.05, 4.69) is 0 Å². The maximum atomic E-state index is 14.2. The molecule has 0 aromatic heterocycles. The number of ketones is 1. The Morgan fingerprint density at radius 3 is 2.38 bits per heavy atom. The first-order chi connectivity index (χ1) is 15.9. The van der Waals surface area contributed by atoms with Gasteiger partial charge in [0.2, 0.25) is 10.0 Å². The minimum atomic E-state index is -4.84. The van der Waals surface area contributed by atoms with Gasteiger partial charge in [-0.15, -0.1) is 0 Å². The van der Waals surface area contributed by atoms with E-state index in [-0.39, 0.29) is 60.9 Å². The quantitative estimate of drug-likeness (QED) is 0.351. The zero-order valence-electron chi connectivity index (χ0n) is 18.1. The Balaban J connectivity index is 1.48. The molecule has 2 aromatic rings. The van der Waals surface area contributed by atoms with E-state index in [1.165, 1.54) is 12.1 Å². The molecule has 0 N–H and O–H groups in total. The van der Waals surface area contributed by atoms with Crippen molar-refractivity contribution in [3.63, 3.8) is 0 Å². The number of esters is 1. The number of Topliss-reactive ketones (excluding diaryl/α,β-unsaturated/α-hetero) is 1. The zero-order chi connectivity index (χ0) is 24.8. The third-order valence-corrected chi connectivity index (χ3v) is 8.18. The van der Waals surface area contributed by atoms with Gasteiger partial charge in [-0.05, 0) is 43.0 Å². The first-order valence-electron chi connectivity index (χ1n) is 10.6. The van der Waals surface area contributed by atoms with Crippen molar-refractivity contribution >= 4 is 21.8 Å². The van der Waals surface area contributed by atoms with Crippen LogP contribution in [-0.4, -0.2) is 37.6 Å². The van der Waals surface area contributed by atoms with Crippen molar-refractivity contribution in [1.82, 2.24) is 4.31 Å². The first-order valence-corrected chi connectivity index (χ1v) is 12.1. The van der Waals surface area contributed by atoms with Crippen LogP contribution in [-0.2, 0) is 21.0 Å². The van der Waals surface area contributed by atoms with Gasteiger partial charge in [0, 0.05) is 25.1 Å². The molecule has 1 fully saturated rings. The van der Waals surface area contributed by atoms with E-state index in [1.54, 1.807) is 6.92 Å². The van der Waals surface area contributed by atoms with Crippen molar-refractivity contribution in [3.8, 4) is 5.75 Å². The van der Waals surface area contributed by atoms with Gasteiger partial charge in [-0.2, -0.15) is 17.5 Å². The monoisotopic (exact) mass is 499 g/mol. The van der Waals surface area contributed by atoms with Crippen molar-refractivity contribution < 1.29 is 40.3 Å². The highest BCUT2D eigenvalue weighted by Crippen LogP contribution is 2.40. The molecule has 0 amide bonds. The molecule has 1 saturated heterocycles. The number of nitrogens with zero attached hydrogens (tertiary/aromatic N) is 1. The number of sulfonamides is 1. The van der Waals surface area contributed by atoms with Crippen LogP contribution < -0.4 is 4.74 Å². The molecular formula is C23H21F4NO5S. The van der Waals surface area contributed by atoms with Crippen molar-refractivity contribution in [1.29, 1.82) is 0 Å². The van der Waals surface area contributed by atoms with Gasteiger partial charge in [-0.1, -0.05) is 19.1 Å². The highest BCUT2D eigenvalue weighted by Gasteiger charge is 2.41. The van der Waals surface area contributed by atoms with Crippen LogP contribution in [0, 0.1) is 11.7 Å². The smallest absolute Gasteiger partial charge is 0.417 e. The lowest BCUT2D eigenvalue weighted by Crippen LogP contribution is -2.41. The molecule has 0 spiro atoms. The van der Waals surface area contributed by atoms with Gasteiger partial charge in [0.05, 0.1) is 21.9 Å².